The zero-order valence-corrected chi connectivity index (χ0v) is 16.0. The van der Waals surface area contributed by atoms with Crippen LogP contribution in [0.1, 0.15) is 36.2 Å². The Morgan fingerprint density at radius 2 is 2.04 bits per heavy atom. The Morgan fingerprint density at radius 1 is 1.15 bits per heavy atom. The van der Waals surface area contributed by atoms with Gasteiger partial charge in [-0.3, -0.25) is 0 Å². The molecule has 138 valence electrons. The third-order valence-corrected chi connectivity index (χ3v) is 6.77. The quantitative estimate of drug-likeness (QED) is 0.755. The number of thiazole rings is 1. The number of nitrogens with zero attached hydrogens (tertiary/aromatic N) is 4. The van der Waals surface area contributed by atoms with E-state index in [2.05, 4.69) is 27.0 Å². The van der Waals surface area contributed by atoms with Gasteiger partial charge in [0.15, 0.2) is 11.0 Å². The van der Waals surface area contributed by atoms with Gasteiger partial charge in [0.1, 0.15) is 0 Å². The Kier molecular flexibility index (Phi) is 4.17. The molecule has 3 aromatic rings. The van der Waals surface area contributed by atoms with Gasteiger partial charge in [0.2, 0.25) is 0 Å². The SMILES string of the molecule is OCc1csc(N2CCCC3(CCc4cnc(-c5ccccc5)nc43)C2)n1. The van der Waals surface area contributed by atoms with Crippen molar-refractivity contribution in [1.82, 2.24) is 15.0 Å². The number of benzene rings is 1. The fourth-order valence-corrected chi connectivity index (χ4v) is 5.32. The number of aliphatic hydroxyl groups is 1. The van der Waals surface area contributed by atoms with E-state index in [4.69, 9.17) is 4.98 Å². The molecule has 1 atom stereocenters. The summed E-state index contributed by atoms with van der Waals surface area (Å²) in [5.74, 6) is 0.824. The van der Waals surface area contributed by atoms with Crippen molar-refractivity contribution in [1.29, 1.82) is 0 Å². The molecule has 1 aliphatic heterocycles. The summed E-state index contributed by atoms with van der Waals surface area (Å²) >= 11 is 1.63. The standard InChI is InChI=1S/C21H22N4OS/c26-12-17-13-27-20(23-17)25-10-4-8-21(14-25)9-7-16-11-22-19(24-18(16)21)15-5-2-1-3-6-15/h1-3,5-6,11,13,26H,4,7-10,12,14H2. The molecule has 2 aromatic heterocycles. The first-order valence-corrected chi connectivity index (χ1v) is 10.4. The second kappa shape index (κ2) is 6.69. The fourth-order valence-electron chi connectivity index (χ4n) is 4.47. The Morgan fingerprint density at radius 3 is 2.85 bits per heavy atom. The molecule has 1 fully saturated rings. The summed E-state index contributed by atoms with van der Waals surface area (Å²) in [5, 5.41) is 12.3. The Balaban J connectivity index is 1.49. The molecule has 1 N–H and O–H groups in total. The van der Waals surface area contributed by atoms with Crippen LogP contribution in [0.15, 0.2) is 41.9 Å². The van der Waals surface area contributed by atoms with Crippen molar-refractivity contribution in [3.05, 3.63) is 58.9 Å². The minimum Gasteiger partial charge on any atom is -0.390 e. The highest BCUT2D eigenvalue weighted by Crippen LogP contribution is 2.45. The first kappa shape index (κ1) is 16.8. The highest BCUT2D eigenvalue weighted by Gasteiger charge is 2.44. The molecule has 0 radical (unpaired) electrons. The lowest BCUT2D eigenvalue weighted by atomic mass is 9.77. The molecular weight excluding hydrogens is 356 g/mol. The lowest BCUT2D eigenvalue weighted by Gasteiger charge is -2.40. The Labute approximate surface area is 162 Å². The van der Waals surface area contributed by atoms with E-state index >= 15 is 0 Å². The summed E-state index contributed by atoms with van der Waals surface area (Å²) in [6.45, 7) is 1.97. The molecule has 1 spiro atoms. The minimum atomic E-state index is 0.00593. The fraction of sp³-hybridized carbons (Fsp3) is 0.381. The number of aryl methyl sites for hydroxylation is 1. The van der Waals surface area contributed by atoms with E-state index in [0.29, 0.717) is 0 Å². The molecule has 6 heteroatoms. The second-order valence-corrected chi connectivity index (χ2v) is 8.36. The van der Waals surface area contributed by atoms with Crippen LogP contribution in [-0.4, -0.2) is 33.1 Å². The van der Waals surface area contributed by atoms with Crippen LogP contribution < -0.4 is 4.90 Å². The zero-order valence-electron chi connectivity index (χ0n) is 15.1. The van der Waals surface area contributed by atoms with E-state index in [1.807, 2.05) is 29.8 Å². The summed E-state index contributed by atoms with van der Waals surface area (Å²) < 4.78 is 0. The van der Waals surface area contributed by atoms with Crippen LogP contribution in [0, 0.1) is 0 Å². The van der Waals surface area contributed by atoms with Gasteiger partial charge < -0.3 is 10.0 Å². The number of fused-ring (bicyclic) bond motifs is 2. The van der Waals surface area contributed by atoms with Gasteiger partial charge in [-0.1, -0.05) is 30.3 Å². The molecule has 1 aromatic carbocycles. The molecule has 0 bridgehead atoms. The predicted molar refractivity (Wildman–Crippen MR) is 107 cm³/mol. The van der Waals surface area contributed by atoms with E-state index in [1.54, 1.807) is 11.3 Å². The van der Waals surface area contributed by atoms with E-state index in [1.165, 1.54) is 17.7 Å². The smallest absolute Gasteiger partial charge is 0.185 e. The molecule has 5 nitrogen and oxygen atoms in total. The van der Waals surface area contributed by atoms with Crippen molar-refractivity contribution < 1.29 is 5.11 Å². The number of aromatic nitrogens is 3. The predicted octanol–water partition coefficient (Wildman–Crippen LogP) is 3.58. The summed E-state index contributed by atoms with van der Waals surface area (Å²) in [6, 6.07) is 10.2. The van der Waals surface area contributed by atoms with Crippen molar-refractivity contribution in [2.24, 2.45) is 0 Å². The van der Waals surface area contributed by atoms with Crippen molar-refractivity contribution >= 4 is 16.5 Å². The maximum absolute atomic E-state index is 9.33. The van der Waals surface area contributed by atoms with Gasteiger partial charge in [0.05, 0.1) is 18.0 Å². The molecular formula is C21H22N4OS. The molecule has 1 saturated heterocycles. The van der Waals surface area contributed by atoms with Gasteiger partial charge in [-0.2, -0.15) is 0 Å². The number of aliphatic hydroxyl groups excluding tert-OH is 1. The molecule has 2 aliphatic rings. The molecule has 3 heterocycles. The van der Waals surface area contributed by atoms with Gasteiger partial charge in [-0.05, 0) is 31.2 Å². The average molecular weight is 379 g/mol. The van der Waals surface area contributed by atoms with E-state index in [-0.39, 0.29) is 12.0 Å². The maximum atomic E-state index is 9.33. The van der Waals surface area contributed by atoms with E-state index in [0.717, 1.165) is 54.6 Å². The highest BCUT2D eigenvalue weighted by atomic mass is 32.1. The summed E-state index contributed by atoms with van der Waals surface area (Å²) in [5.41, 5.74) is 4.45. The third kappa shape index (κ3) is 2.93. The lowest BCUT2D eigenvalue weighted by molar-refractivity contribution is 0.277. The molecule has 5 rings (SSSR count). The first-order chi connectivity index (χ1) is 13.3. The van der Waals surface area contributed by atoms with Crippen LogP contribution >= 0.6 is 11.3 Å². The maximum Gasteiger partial charge on any atom is 0.185 e. The minimum absolute atomic E-state index is 0.00593. The monoisotopic (exact) mass is 378 g/mol. The van der Waals surface area contributed by atoms with Crippen LogP contribution in [0.4, 0.5) is 5.13 Å². The average Bonchev–Trinajstić information content (AvgIpc) is 3.34. The van der Waals surface area contributed by atoms with Crippen LogP contribution in [0.5, 0.6) is 0 Å². The zero-order chi connectivity index (χ0) is 18.3. The number of hydrogen-bond donors (Lipinski definition) is 1. The van der Waals surface area contributed by atoms with Crippen molar-refractivity contribution in [3.63, 3.8) is 0 Å². The molecule has 27 heavy (non-hydrogen) atoms. The summed E-state index contributed by atoms with van der Waals surface area (Å²) in [4.78, 5) is 16.7. The normalized spacial score (nSPS) is 21.6. The topological polar surface area (TPSA) is 62.1 Å². The van der Waals surface area contributed by atoms with Crippen molar-refractivity contribution in [2.45, 2.75) is 37.7 Å². The first-order valence-electron chi connectivity index (χ1n) is 9.49. The van der Waals surface area contributed by atoms with Gasteiger partial charge in [-0.25, -0.2) is 15.0 Å². The Bertz CT molecular complexity index is 954. The number of hydrogen-bond acceptors (Lipinski definition) is 6. The molecule has 1 unspecified atom stereocenters. The summed E-state index contributed by atoms with van der Waals surface area (Å²) in [7, 11) is 0. The number of anilines is 1. The van der Waals surface area contributed by atoms with Crippen molar-refractivity contribution in [2.75, 3.05) is 18.0 Å². The lowest BCUT2D eigenvalue weighted by Crippen LogP contribution is -2.45. The van der Waals surface area contributed by atoms with Crippen LogP contribution in [0.3, 0.4) is 0 Å². The van der Waals surface area contributed by atoms with Gasteiger partial charge in [-0.15, -0.1) is 11.3 Å². The summed E-state index contributed by atoms with van der Waals surface area (Å²) in [6.07, 6.45) is 6.52. The highest BCUT2D eigenvalue weighted by molar-refractivity contribution is 7.13. The third-order valence-electron chi connectivity index (χ3n) is 5.82. The van der Waals surface area contributed by atoms with E-state index in [9.17, 15) is 5.11 Å². The van der Waals surface area contributed by atoms with Crippen LogP contribution in [0.2, 0.25) is 0 Å². The largest absolute Gasteiger partial charge is 0.390 e. The molecule has 0 amide bonds. The molecule has 1 aliphatic carbocycles. The second-order valence-electron chi connectivity index (χ2n) is 7.52. The Hall–Kier alpha value is -2.31. The van der Waals surface area contributed by atoms with Gasteiger partial charge in [0, 0.05) is 35.6 Å². The molecule has 0 saturated carbocycles. The van der Waals surface area contributed by atoms with Gasteiger partial charge >= 0.3 is 0 Å². The van der Waals surface area contributed by atoms with Crippen molar-refractivity contribution in [3.8, 4) is 11.4 Å². The van der Waals surface area contributed by atoms with Crippen LogP contribution in [0.25, 0.3) is 11.4 Å². The number of piperidine rings is 1. The number of rotatable bonds is 3. The van der Waals surface area contributed by atoms with Gasteiger partial charge in [0.25, 0.3) is 0 Å². The van der Waals surface area contributed by atoms with E-state index < -0.39 is 0 Å². The van der Waals surface area contributed by atoms with Crippen LogP contribution in [-0.2, 0) is 18.4 Å².